The summed E-state index contributed by atoms with van der Waals surface area (Å²) in [7, 11) is 0. The zero-order valence-corrected chi connectivity index (χ0v) is 11.5. The Kier molecular flexibility index (Phi) is 5.11. The number of ether oxygens (including phenoxy) is 2. The van der Waals surface area contributed by atoms with Crippen molar-refractivity contribution in [3.63, 3.8) is 0 Å². The van der Waals surface area contributed by atoms with E-state index in [1.807, 2.05) is 6.92 Å². The van der Waals surface area contributed by atoms with Crippen LogP contribution in [0.25, 0.3) is 0 Å². The monoisotopic (exact) mass is 281 g/mol. The van der Waals surface area contributed by atoms with E-state index >= 15 is 0 Å². The van der Waals surface area contributed by atoms with Crippen molar-refractivity contribution < 1.29 is 14.4 Å². The van der Waals surface area contributed by atoms with Crippen LogP contribution in [-0.4, -0.2) is 36.3 Å². The van der Waals surface area contributed by atoms with Crippen molar-refractivity contribution in [1.29, 1.82) is 0 Å². The second-order valence-electron chi connectivity index (χ2n) is 4.70. The Morgan fingerprint density at radius 1 is 1.50 bits per heavy atom. The Hall–Kier alpha value is -1.89. The Morgan fingerprint density at radius 2 is 2.25 bits per heavy atom. The third-order valence-electron chi connectivity index (χ3n) is 3.16. The van der Waals surface area contributed by atoms with Crippen molar-refractivity contribution in [1.82, 2.24) is 4.98 Å². The number of hydrogen-bond acceptors (Lipinski definition) is 6. The molecule has 20 heavy (non-hydrogen) atoms. The van der Waals surface area contributed by atoms with E-state index in [1.54, 1.807) is 0 Å². The molecule has 0 aliphatic carbocycles. The molecule has 0 amide bonds. The molecule has 0 bridgehead atoms. The van der Waals surface area contributed by atoms with Crippen LogP contribution < -0.4 is 10.1 Å². The van der Waals surface area contributed by atoms with E-state index in [0.717, 1.165) is 26.1 Å². The highest BCUT2D eigenvalue weighted by atomic mass is 16.6. The number of nitrogens with one attached hydrogen (secondary N) is 1. The van der Waals surface area contributed by atoms with Gasteiger partial charge in [-0.3, -0.25) is 10.1 Å². The van der Waals surface area contributed by atoms with Crippen LogP contribution >= 0.6 is 0 Å². The summed E-state index contributed by atoms with van der Waals surface area (Å²) in [5, 5.41) is 13.9. The van der Waals surface area contributed by atoms with Gasteiger partial charge in [-0.2, -0.15) is 4.98 Å². The highest BCUT2D eigenvalue weighted by molar-refractivity contribution is 5.48. The minimum atomic E-state index is -0.441. The molecule has 0 unspecified atom stereocenters. The number of nitrogens with zero attached hydrogens (tertiary/aromatic N) is 2. The minimum Gasteiger partial charge on any atom is -0.477 e. The number of rotatable bonds is 6. The third kappa shape index (κ3) is 4.06. The molecule has 0 radical (unpaired) electrons. The van der Waals surface area contributed by atoms with Gasteiger partial charge >= 0.3 is 0 Å². The molecular weight excluding hydrogens is 262 g/mol. The number of aromatic nitrogens is 1. The van der Waals surface area contributed by atoms with Gasteiger partial charge in [0.25, 0.3) is 5.69 Å². The summed E-state index contributed by atoms with van der Waals surface area (Å²) in [5.74, 6) is 1.18. The van der Waals surface area contributed by atoms with E-state index in [9.17, 15) is 10.1 Å². The Balaban J connectivity index is 2.03. The Bertz CT molecular complexity index is 461. The van der Waals surface area contributed by atoms with E-state index in [2.05, 4.69) is 10.3 Å². The lowest BCUT2D eigenvalue weighted by Gasteiger charge is -2.21. The molecule has 2 rings (SSSR count). The normalized spacial score (nSPS) is 15.8. The van der Waals surface area contributed by atoms with Gasteiger partial charge in [0.2, 0.25) is 5.88 Å². The van der Waals surface area contributed by atoms with Gasteiger partial charge in [-0.25, -0.2) is 0 Å². The summed E-state index contributed by atoms with van der Waals surface area (Å²) in [5.41, 5.74) is -0.0158. The topological polar surface area (TPSA) is 86.5 Å². The maximum Gasteiger partial charge on any atom is 0.278 e. The van der Waals surface area contributed by atoms with Gasteiger partial charge < -0.3 is 14.8 Å². The van der Waals surface area contributed by atoms with Crippen LogP contribution in [0.2, 0.25) is 0 Å². The van der Waals surface area contributed by atoms with Crippen LogP contribution in [0.4, 0.5) is 11.5 Å². The number of hydrogen-bond donors (Lipinski definition) is 1. The molecule has 1 saturated heterocycles. The Labute approximate surface area is 117 Å². The zero-order chi connectivity index (χ0) is 14.4. The first-order valence-corrected chi connectivity index (χ1v) is 6.80. The average Bonchev–Trinajstić information content (AvgIpc) is 2.46. The smallest absolute Gasteiger partial charge is 0.278 e. The SMILES string of the molecule is CCNc1cc([N+](=O)[O-])cc(OCC2CCOCC2)n1. The molecule has 7 heteroatoms. The van der Waals surface area contributed by atoms with Crippen molar-refractivity contribution in [2.75, 3.05) is 31.7 Å². The number of anilines is 1. The van der Waals surface area contributed by atoms with E-state index in [4.69, 9.17) is 9.47 Å². The summed E-state index contributed by atoms with van der Waals surface area (Å²) in [6.07, 6.45) is 1.91. The third-order valence-corrected chi connectivity index (χ3v) is 3.16. The molecule has 0 spiro atoms. The first-order chi connectivity index (χ1) is 9.69. The molecular formula is C13H19N3O4. The van der Waals surface area contributed by atoms with E-state index < -0.39 is 4.92 Å². The fourth-order valence-electron chi connectivity index (χ4n) is 2.06. The first kappa shape index (κ1) is 14.5. The number of pyridine rings is 1. The molecule has 1 N–H and O–H groups in total. The second kappa shape index (κ2) is 7.04. The van der Waals surface area contributed by atoms with Gasteiger partial charge in [0.05, 0.1) is 23.7 Å². The standard InChI is InChI=1S/C13H19N3O4/c1-2-14-12-7-11(16(17)18)8-13(15-12)20-9-10-3-5-19-6-4-10/h7-8,10H,2-6,9H2,1H3,(H,14,15). The molecule has 110 valence electrons. The molecule has 1 aromatic heterocycles. The number of nitro groups is 1. The molecule has 2 heterocycles. The highest BCUT2D eigenvalue weighted by Gasteiger charge is 2.16. The van der Waals surface area contributed by atoms with Crippen molar-refractivity contribution >= 4 is 11.5 Å². The van der Waals surface area contributed by atoms with Crippen LogP contribution in [0.1, 0.15) is 19.8 Å². The van der Waals surface area contributed by atoms with E-state index in [0.29, 0.717) is 30.8 Å². The minimum absolute atomic E-state index is 0.0158. The van der Waals surface area contributed by atoms with Gasteiger partial charge in [-0.15, -0.1) is 0 Å². The fourth-order valence-corrected chi connectivity index (χ4v) is 2.06. The average molecular weight is 281 g/mol. The summed E-state index contributed by atoms with van der Waals surface area (Å²) in [4.78, 5) is 14.7. The molecule has 7 nitrogen and oxygen atoms in total. The van der Waals surface area contributed by atoms with Crippen molar-refractivity contribution in [2.45, 2.75) is 19.8 Å². The first-order valence-electron chi connectivity index (χ1n) is 6.80. The van der Waals surface area contributed by atoms with Gasteiger partial charge in [0, 0.05) is 19.8 Å². The summed E-state index contributed by atoms with van der Waals surface area (Å²) in [6, 6.07) is 2.77. The summed E-state index contributed by atoms with van der Waals surface area (Å²) in [6.45, 7) is 4.57. The molecule has 1 aliphatic rings. The molecule has 0 atom stereocenters. The van der Waals surface area contributed by atoms with Gasteiger partial charge in [0.15, 0.2) is 0 Å². The molecule has 0 saturated carbocycles. The maximum absolute atomic E-state index is 10.9. The zero-order valence-electron chi connectivity index (χ0n) is 11.5. The van der Waals surface area contributed by atoms with Gasteiger partial charge in [-0.1, -0.05) is 0 Å². The van der Waals surface area contributed by atoms with Crippen LogP contribution in [0, 0.1) is 16.0 Å². The van der Waals surface area contributed by atoms with Crippen molar-refractivity contribution in [2.24, 2.45) is 5.92 Å². The largest absolute Gasteiger partial charge is 0.477 e. The lowest BCUT2D eigenvalue weighted by atomic mass is 10.0. The molecule has 1 aromatic rings. The lowest BCUT2D eigenvalue weighted by molar-refractivity contribution is -0.384. The quantitative estimate of drug-likeness (QED) is 0.635. The summed E-state index contributed by atoms with van der Waals surface area (Å²) < 4.78 is 10.9. The van der Waals surface area contributed by atoms with Crippen LogP contribution in [0.15, 0.2) is 12.1 Å². The van der Waals surface area contributed by atoms with Crippen LogP contribution in [-0.2, 0) is 4.74 Å². The van der Waals surface area contributed by atoms with Gasteiger partial charge in [0.1, 0.15) is 5.82 Å². The van der Waals surface area contributed by atoms with Crippen LogP contribution in [0.3, 0.4) is 0 Å². The second-order valence-corrected chi connectivity index (χ2v) is 4.70. The van der Waals surface area contributed by atoms with Crippen LogP contribution in [0.5, 0.6) is 5.88 Å². The Morgan fingerprint density at radius 3 is 2.90 bits per heavy atom. The van der Waals surface area contributed by atoms with Crippen molar-refractivity contribution in [3.8, 4) is 5.88 Å². The predicted molar refractivity (Wildman–Crippen MR) is 74.1 cm³/mol. The van der Waals surface area contributed by atoms with E-state index in [-0.39, 0.29) is 5.69 Å². The predicted octanol–water partition coefficient (Wildman–Crippen LogP) is 2.23. The van der Waals surface area contributed by atoms with Gasteiger partial charge in [-0.05, 0) is 25.7 Å². The molecule has 1 fully saturated rings. The lowest BCUT2D eigenvalue weighted by Crippen LogP contribution is -2.21. The maximum atomic E-state index is 10.9. The molecule has 1 aliphatic heterocycles. The highest BCUT2D eigenvalue weighted by Crippen LogP contribution is 2.23. The van der Waals surface area contributed by atoms with Crippen molar-refractivity contribution in [3.05, 3.63) is 22.2 Å². The molecule has 0 aromatic carbocycles. The van der Waals surface area contributed by atoms with E-state index in [1.165, 1.54) is 12.1 Å². The summed E-state index contributed by atoms with van der Waals surface area (Å²) >= 11 is 0. The fraction of sp³-hybridized carbons (Fsp3) is 0.615.